The first kappa shape index (κ1) is 11.8. The molecule has 15 heavy (non-hydrogen) atoms. The van der Waals surface area contributed by atoms with Gasteiger partial charge < -0.3 is 4.84 Å². The third-order valence-corrected chi connectivity index (χ3v) is 2.53. The maximum absolute atomic E-state index is 4.87. The van der Waals surface area contributed by atoms with Crippen molar-refractivity contribution in [3.8, 4) is 0 Å². The summed E-state index contributed by atoms with van der Waals surface area (Å²) in [5.41, 5.74) is 4.81. The van der Waals surface area contributed by atoms with E-state index < -0.39 is 0 Å². The Morgan fingerprint density at radius 3 is 2.53 bits per heavy atom. The Morgan fingerprint density at radius 1 is 1.27 bits per heavy atom. The fraction of sp³-hybridized carbons (Fsp3) is 0.462. The molecule has 0 atom stereocenters. The maximum Gasteiger partial charge on any atom is 0.106 e. The molecule has 2 heteroatoms. The van der Waals surface area contributed by atoms with E-state index in [2.05, 4.69) is 44.1 Å². The van der Waals surface area contributed by atoms with Crippen LogP contribution in [0, 0.1) is 13.8 Å². The van der Waals surface area contributed by atoms with E-state index >= 15 is 0 Å². The van der Waals surface area contributed by atoms with Crippen molar-refractivity contribution in [3.63, 3.8) is 0 Å². The molecule has 1 aromatic rings. The van der Waals surface area contributed by atoms with E-state index in [0.717, 1.165) is 18.6 Å². The molecule has 0 saturated heterocycles. The number of aryl methyl sites for hydroxylation is 2. The smallest absolute Gasteiger partial charge is 0.106 e. The highest BCUT2D eigenvalue weighted by Gasteiger charge is 2.04. The summed E-state index contributed by atoms with van der Waals surface area (Å²) >= 11 is 0. The van der Waals surface area contributed by atoms with Gasteiger partial charge in [0.15, 0.2) is 0 Å². The largest absolute Gasteiger partial charge is 0.399 e. The summed E-state index contributed by atoms with van der Waals surface area (Å²) in [6.45, 7) is 6.38. The van der Waals surface area contributed by atoms with Crippen LogP contribution in [0.3, 0.4) is 0 Å². The standard InChI is InChI=1S/C13H19NO/c1-5-6-13(14-15-4)12-8-7-10(2)11(3)9-12/h7-9H,5-6H2,1-4H3/b14-13+. The summed E-state index contributed by atoms with van der Waals surface area (Å²) in [5, 5.41) is 4.07. The molecule has 0 aliphatic heterocycles. The van der Waals surface area contributed by atoms with Gasteiger partial charge in [0, 0.05) is 0 Å². The van der Waals surface area contributed by atoms with E-state index in [1.807, 2.05) is 0 Å². The number of rotatable bonds is 4. The van der Waals surface area contributed by atoms with Crippen LogP contribution < -0.4 is 0 Å². The average Bonchev–Trinajstić information content (AvgIpc) is 2.22. The monoisotopic (exact) mass is 205 g/mol. The van der Waals surface area contributed by atoms with Crippen molar-refractivity contribution in [3.05, 3.63) is 34.9 Å². The third kappa shape index (κ3) is 3.08. The fourth-order valence-electron chi connectivity index (χ4n) is 1.51. The molecule has 0 saturated carbocycles. The molecule has 0 unspecified atom stereocenters. The zero-order valence-electron chi connectivity index (χ0n) is 10.0. The van der Waals surface area contributed by atoms with Gasteiger partial charge in [0.25, 0.3) is 0 Å². The molecule has 0 N–H and O–H groups in total. The normalized spacial score (nSPS) is 11.6. The van der Waals surface area contributed by atoms with Crippen LogP contribution in [0.25, 0.3) is 0 Å². The Kier molecular flexibility index (Phi) is 4.35. The maximum atomic E-state index is 4.87. The highest BCUT2D eigenvalue weighted by molar-refractivity contribution is 6.00. The summed E-state index contributed by atoms with van der Waals surface area (Å²) < 4.78 is 0. The highest BCUT2D eigenvalue weighted by atomic mass is 16.6. The molecular formula is C13H19NO. The Balaban J connectivity index is 3.01. The SMILES string of the molecule is CCC/C(=N\OC)c1ccc(C)c(C)c1. The lowest BCUT2D eigenvalue weighted by molar-refractivity contribution is 0.213. The van der Waals surface area contributed by atoms with Gasteiger partial charge in [-0.3, -0.25) is 0 Å². The number of oxime groups is 1. The minimum atomic E-state index is 0.955. The van der Waals surface area contributed by atoms with Crippen molar-refractivity contribution < 1.29 is 4.84 Å². The van der Waals surface area contributed by atoms with Gasteiger partial charge in [-0.05, 0) is 43.0 Å². The van der Waals surface area contributed by atoms with Crippen molar-refractivity contribution in [2.45, 2.75) is 33.6 Å². The molecule has 0 aliphatic carbocycles. The summed E-state index contributed by atoms with van der Waals surface area (Å²) in [5.74, 6) is 0. The van der Waals surface area contributed by atoms with E-state index in [-0.39, 0.29) is 0 Å². The molecule has 1 aromatic carbocycles. The molecule has 0 heterocycles. The summed E-state index contributed by atoms with van der Waals surface area (Å²) in [7, 11) is 1.59. The molecule has 0 aliphatic rings. The Hall–Kier alpha value is -1.31. The molecule has 0 amide bonds. The minimum Gasteiger partial charge on any atom is -0.399 e. The quantitative estimate of drug-likeness (QED) is 0.545. The van der Waals surface area contributed by atoms with Gasteiger partial charge in [-0.15, -0.1) is 0 Å². The second kappa shape index (κ2) is 5.54. The van der Waals surface area contributed by atoms with Crippen molar-refractivity contribution >= 4 is 5.71 Å². The second-order valence-corrected chi connectivity index (χ2v) is 3.77. The van der Waals surface area contributed by atoms with Gasteiger partial charge in [0.05, 0.1) is 5.71 Å². The lowest BCUT2D eigenvalue weighted by Crippen LogP contribution is -2.02. The Labute approximate surface area is 91.9 Å². The van der Waals surface area contributed by atoms with Gasteiger partial charge >= 0.3 is 0 Å². The Bertz CT molecular complexity index is 356. The van der Waals surface area contributed by atoms with Gasteiger partial charge in [-0.25, -0.2) is 0 Å². The first-order valence-corrected chi connectivity index (χ1v) is 5.36. The van der Waals surface area contributed by atoms with Gasteiger partial charge in [0.2, 0.25) is 0 Å². The van der Waals surface area contributed by atoms with E-state index in [1.54, 1.807) is 7.11 Å². The van der Waals surface area contributed by atoms with Crippen LogP contribution in [-0.4, -0.2) is 12.8 Å². The summed E-state index contributed by atoms with van der Waals surface area (Å²) in [6, 6.07) is 6.41. The van der Waals surface area contributed by atoms with Crippen molar-refractivity contribution in [2.75, 3.05) is 7.11 Å². The van der Waals surface area contributed by atoms with Gasteiger partial charge in [0.1, 0.15) is 7.11 Å². The minimum absolute atomic E-state index is 0.955. The van der Waals surface area contributed by atoms with Gasteiger partial charge in [-0.1, -0.05) is 30.6 Å². The topological polar surface area (TPSA) is 21.6 Å². The van der Waals surface area contributed by atoms with Crippen LogP contribution >= 0.6 is 0 Å². The molecule has 0 spiro atoms. The molecule has 2 nitrogen and oxygen atoms in total. The summed E-state index contributed by atoms with van der Waals surface area (Å²) in [4.78, 5) is 4.87. The number of hydrogen-bond donors (Lipinski definition) is 0. The fourth-order valence-corrected chi connectivity index (χ4v) is 1.51. The van der Waals surface area contributed by atoms with Crippen molar-refractivity contribution in [1.29, 1.82) is 0 Å². The van der Waals surface area contributed by atoms with E-state index in [1.165, 1.54) is 16.7 Å². The lowest BCUT2D eigenvalue weighted by Gasteiger charge is -2.07. The van der Waals surface area contributed by atoms with E-state index in [9.17, 15) is 0 Å². The molecule has 0 fully saturated rings. The molecular weight excluding hydrogens is 186 g/mol. The third-order valence-electron chi connectivity index (χ3n) is 2.53. The molecule has 1 rings (SSSR count). The zero-order chi connectivity index (χ0) is 11.3. The molecule has 82 valence electrons. The number of nitrogens with zero attached hydrogens (tertiary/aromatic N) is 1. The number of hydrogen-bond acceptors (Lipinski definition) is 2. The predicted octanol–water partition coefficient (Wildman–Crippen LogP) is 3.45. The Morgan fingerprint density at radius 2 is 2.00 bits per heavy atom. The van der Waals surface area contributed by atoms with Crippen LogP contribution in [0.4, 0.5) is 0 Å². The first-order chi connectivity index (χ1) is 7.19. The van der Waals surface area contributed by atoms with Crippen LogP contribution in [-0.2, 0) is 4.84 Å². The van der Waals surface area contributed by atoms with Crippen LogP contribution in [0.15, 0.2) is 23.4 Å². The molecule has 0 bridgehead atoms. The highest BCUT2D eigenvalue weighted by Crippen LogP contribution is 2.13. The molecule has 0 radical (unpaired) electrons. The molecule has 0 aromatic heterocycles. The predicted molar refractivity (Wildman–Crippen MR) is 64.4 cm³/mol. The lowest BCUT2D eigenvalue weighted by atomic mass is 10.0. The zero-order valence-corrected chi connectivity index (χ0v) is 10.0. The van der Waals surface area contributed by atoms with Crippen LogP contribution in [0.5, 0.6) is 0 Å². The van der Waals surface area contributed by atoms with Crippen molar-refractivity contribution in [1.82, 2.24) is 0 Å². The van der Waals surface area contributed by atoms with Crippen LogP contribution in [0.2, 0.25) is 0 Å². The number of benzene rings is 1. The second-order valence-electron chi connectivity index (χ2n) is 3.77. The first-order valence-electron chi connectivity index (χ1n) is 5.36. The average molecular weight is 205 g/mol. The van der Waals surface area contributed by atoms with Crippen LogP contribution in [0.1, 0.15) is 36.5 Å². The summed E-state index contributed by atoms with van der Waals surface area (Å²) in [6.07, 6.45) is 2.03. The van der Waals surface area contributed by atoms with Crippen molar-refractivity contribution in [2.24, 2.45) is 5.16 Å². The van der Waals surface area contributed by atoms with Gasteiger partial charge in [-0.2, -0.15) is 0 Å². The van der Waals surface area contributed by atoms with E-state index in [0.29, 0.717) is 0 Å². The van der Waals surface area contributed by atoms with E-state index in [4.69, 9.17) is 4.84 Å².